The van der Waals surface area contributed by atoms with Crippen LogP contribution in [0.5, 0.6) is 0 Å². The lowest BCUT2D eigenvalue weighted by atomic mass is 10.1. The van der Waals surface area contributed by atoms with E-state index in [0.717, 1.165) is 15.6 Å². The van der Waals surface area contributed by atoms with Gasteiger partial charge in [0.15, 0.2) is 6.61 Å². The zero-order valence-electron chi connectivity index (χ0n) is 12.9. The molecule has 0 saturated heterocycles. The fraction of sp³-hybridized carbons (Fsp3) is 0.111. The summed E-state index contributed by atoms with van der Waals surface area (Å²) in [7, 11) is 0. The molecule has 6 heteroatoms. The maximum atomic E-state index is 13.4. The lowest BCUT2D eigenvalue weighted by Gasteiger charge is -2.06. The van der Waals surface area contributed by atoms with Gasteiger partial charge in [-0.25, -0.2) is 9.18 Å². The average Bonchev–Trinajstić information content (AvgIpc) is 2.54. The molecule has 4 nitrogen and oxygen atoms in total. The van der Waals surface area contributed by atoms with E-state index in [1.165, 1.54) is 24.3 Å². The molecule has 24 heavy (non-hydrogen) atoms. The third kappa shape index (κ3) is 5.31. The van der Waals surface area contributed by atoms with Gasteiger partial charge >= 0.3 is 5.97 Å². The van der Waals surface area contributed by atoms with Gasteiger partial charge in [0.2, 0.25) is 0 Å². The zero-order chi connectivity index (χ0) is 17.5. The number of hydrogen-bond acceptors (Lipinski definition) is 3. The van der Waals surface area contributed by atoms with Crippen molar-refractivity contribution in [3.8, 4) is 0 Å². The van der Waals surface area contributed by atoms with Crippen molar-refractivity contribution >= 4 is 39.6 Å². The first-order chi connectivity index (χ1) is 11.5. The molecule has 2 aromatic carbocycles. The summed E-state index contributed by atoms with van der Waals surface area (Å²) < 4.78 is 19.1. The first kappa shape index (κ1) is 17.9. The summed E-state index contributed by atoms with van der Waals surface area (Å²) in [5.41, 5.74) is 1.94. The largest absolute Gasteiger partial charge is 0.452 e. The van der Waals surface area contributed by atoms with Gasteiger partial charge in [0.25, 0.3) is 5.91 Å². The van der Waals surface area contributed by atoms with Gasteiger partial charge in [0, 0.05) is 10.5 Å². The van der Waals surface area contributed by atoms with Gasteiger partial charge in [0.05, 0.1) is 5.69 Å². The van der Waals surface area contributed by atoms with Gasteiger partial charge in [-0.1, -0.05) is 40.2 Å². The molecule has 0 atom stereocenters. The minimum atomic E-state index is -0.661. The fourth-order valence-corrected chi connectivity index (χ4v) is 2.48. The van der Waals surface area contributed by atoms with Crippen LogP contribution in [0.1, 0.15) is 11.1 Å². The number of benzene rings is 2. The first-order valence-electron chi connectivity index (χ1n) is 7.11. The number of anilines is 1. The Morgan fingerprint density at radius 3 is 2.71 bits per heavy atom. The molecule has 0 radical (unpaired) electrons. The van der Waals surface area contributed by atoms with Crippen molar-refractivity contribution < 1.29 is 18.7 Å². The van der Waals surface area contributed by atoms with Crippen LogP contribution in [0.15, 0.2) is 53.0 Å². The Bertz CT molecular complexity index is 790. The van der Waals surface area contributed by atoms with Crippen LogP contribution in [-0.2, 0) is 14.3 Å². The Balaban J connectivity index is 1.85. The molecule has 0 unspecified atom stereocenters. The number of nitrogens with one attached hydrogen (secondary N) is 1. The smallest absolute Gasteiger partial charge is 0.331 e. The van der Waals surface area contributed by atoms with Crippen molar-refractivity contribution in [2.45, 2.75) is 6.92 Å². The number of amides is 1. The van der Waals surface area contributed by atoms with E-state index in [0.29, 0.717) is 0 Å². The van der Waals surface area contributed by atoms with Crippen molar-refractivity contribution in [3.63, 3.8) is 0 Å². The molecule has 0 aromatic heterocycles. The van der Waals surface area contributed by atoms with E-state index in [4.69, 9.17) is 4.74 Å². The maximum absolute atomic E-state index is 13.4. The van der Waals surface area contributed by atoms with Gasteiger partial charge in [-0.05, 0) is 42.3 Å². The Kier molecular flexibility index (Phi) is 6.26. The van der Waals surface area contributed by atoms with Crippen LogP contribution < -0.4 is 5.32 Å². The van der Waals surface area contributed by atoms with Gasteiger partial charge in [-0.15, -0.1) is 0 Å². The van der Waals surface area contributed by atoms with Crippen molar-refractivity contribution in [1.82, 2.24) is 0 Å². The highest BCUT2D eigenvalue weighted by Crippen LogP contribution is 2.19. The highest BCUT2D eigenvalue weighted by molar-refractivity contribution is 9.10. The third-order valence-electron chi connectivity index (χ3n) is 3.05. The van der Waals surface area contributed by atoms with Crippen LogP contribution in [0.4, 0.5) is 10.1 Å². The first-order valence-corrected chi connectivity index (χ1v) is 7.90. The van der Waals surface area contributed by atoms with Crippen molar-refractivity contribution in [2.24, 2.45) is 0 Å². The minimum absolute atomic E-state index is 0.0395. The van der Waals surface area contributed by atoms with E-state index in [9.17, 15) is 14.0 Å². The summed E-state index contributed by atoms with van der Waals surface area (Å²) >= 11 is 3.40. The molecule has 0 fully saturated rings. The molecular formula is C18H15BrFNO3. The van der Waals surface area contributed by atoms with Gasteiger partial charge < -0.3 is 10.1 Å². The Morgan fingerprint density at radius 1 is 1.25 bits per heavy atom. The van der Waals surface area contributed by atoms with Crippen LogP contribution in [-0.4, -0.2) is 18.5 Å². The highest BCUT2D eigenvalue weighted by atomic mass is 79.9. The number of para-hydroxylation sites is 1. The summed E-state index contributed by atoms with van der Waals surface area (Å²) in [5, 5.41) is 2.33. The highest BCUT2D eigenvalue weighted by Gasteiger charge is 2.08. The van der Waals surface area contributed by atoms with E-state index < -0.39 is 24.3 Å². The van der Waals surface area contributed by atoms with E-state index in [1.54, 1.807) is 12.1 Å². The lowest BCUT2D eigenvalue weighted by molar-refractivity contribution is -0.142. The van der Waals surface area contributed by atoms with Crippen molar-refractivity contribution in [2.75, 3.05) is 11.9 Å². The van der Waals surface area contributed by atoms with Gasteiger partial charge in [-0.2, -0.15) is 0 Å². The summed E-state index contributed by atoms with van der Waals surface area (Å²) in [6.07, 6.45) is 2.81. The number of aryl methyl sites for hydroxylation is 1. The van der Waals surface area contributed by atoms with Crippen LogP contribution in [0, 0.1) is 12.7 Å². The monoisotopic (exact) mass is 391 g/mol. The summed E-state index contributed by atoms with van der Waals surface area (Å²) in [4.78, 5) is 23.3. The number of rotatable bonds is 5. The number of carbonyl (C=O) groups is 2. The SMILES string of the molecule is Cc1ccc(/C=C/C(=O)OCC(=O)Nc2ccccc2F)c(Br)c1. The molecule has 2 rings (SSSR count). The molecule has 1 N–H and O–H groups in total. The summed E-state index contributed by atoms with van der Waals surface area (Å²) in [6.45, 7) is 1.47. The second kappa shape index (κ2) is 8.40. The average molecular weight is 392 g/mol. The summed E-state index contributed by atoms with van der Waals surface area (Å²) in [5.74, 6) is -1.83. The number of carbonyl (C=O) groups excluding carboxylic acids is 2. The second-order valence-corrected chi connectivity index (χ2v) is 5.85. The second-order valence-electron chi connectivity index (χ2n) is 4.99. The maximum Gasteiger partial charge on any atom is 0.331 e. The molecule has 0 aliphatic carbocycles. The van der Waals surface area contributed by atoms with Crippen molar-refractivity contribution in [1.29, 1.82) is 0 Å². The Morgan fingerprint density at radius 2 is 2.00 bits per heavy atom. The topological polar surface area (TPSA) is 55.4 Å². The van der Waals surface area contributed by atoms with Crippen LogP contribution in [0.2, 0.25) is 0 Å². The third-order valence-corrected chi connectivity index (χ3v) is 3.74. The molecule has 0 saturated carbocycles. The predicted octanol–water partition coefficient (Wildman–Crippen LogP) is 4.09. The van der Waals surface area contributed by atoms with Crippen LogP contribution in [0.3, 0.4) is 0 Å². The molecule has 124 valence electrons. The molecular weight excluding hydrogens is 377 g/mol. The Labute approximate surface area is 147 Å². The van der Waals surface area contributed by atoms with Crippen LogP contribution >= 0.6 is 15.9 Å². The van der Waals surface area contributed by atoms with E-state index >= 15 is 0 Å². The van der Waals surface area contributed by atoms with E-state index in [-0.39, 0.29) is 5.69 Å². The molecule has 0 aliphatic rings. The summed E-state index contributed by atoms with van der Waals surface area (Å²) in [6, 6.07) is 11.4. The normalized spacial score (nSPS) is 10.6. The van der Waals surface area contributed by atoms with Gasteiger partial charge in [0.1, 0.15) is 5.82 Å². The number of esters is 1. The van der Waals surface area contributed by atoms with Gasteiger partial charge in [-0.3, -0.25) is 4.79 Å². The molecule has 0 aliphatic heterocycles. The standard InChI is InChI=1S/C18H15BrFNO3/c1-12-6-7-13(14(19)10-12)8-9-18(23)24-11-17(22)21-16-5-3-2-4-15(16)20/h2-10H,11H2,1H3,(H,21,22)/b9-8+. The molecule has 0 spiro atoms. The molecule has 0 bridgehead atoms. The number of ether oxygens (including phenoxy) is 1. The number of halogens is 2. The quantitative estimate of drug-likeness (QED) is 0.616. The zero-order valence-corrected chi connectivity index (χ0v) is 14.5. The molecule has 2 aromatic rings. The van der Waals surface area contributed by atoms with E-state index in [1.807, 2.05) is 25.1 Å². The van der Waals surface area contributed by atoms with Crippen LogP contribution in [0.25, 0.3) is 6.08 Å². The fourth-order valence-electron chi connectivity index (χ4n) is 1.86. The lowest BCUT2D eigenvalue weighted by Crippen LogP contribution is -2.20. The van der Waals surface area contributed by atoms with Crippen molar-refractivity contribution in [3.05, 3.63) is 70.0 Å². The predicted molar refractivity (Wildman–Crippen MR) is 93.9 cm³/mol. The molecule has 1 amide bonds. The minimum Gasteiger partial charge on any atom is -0.452 e. The molecule has 0 heterocycles. The Hall–Kier alpha value is -2.47. The van der Waals surface area contributed by atoms with E-state index in [2.05, 4.69) is 21.2 Å². The number of hydrogen-bond donors (Lipinski definition) is 1.